The van der Waals surface area contributed by atoms with Gasteiger partial charge in [0.25, 0.3) is 0 Å². The Morgan fingerprint density at radius 1 is 1.00 bits per heavy atom. The molecule has 92 valence electrons. The highest BCUT2D eigenvalue weighted by Gasteiger charge is 2.51. The molecular formula is C11H18O5. The van der Waals surface area contributed by atoms with Gasteiger partial charge in [-0.05, 0) is 20.8 Å². The highest BCUT2D eigenvalue weighted by Crippen LogP contribution is 2.39. The van der Waals surface area contributed by atoms with Crippen LogP contribution in [0.1, 0.15) is 27.2 Å². The number of ether oxygens (including phenoxy) is 5. The van der Waals surface area contributed by atoms with Crippen LogP contribution >= 0.6 is 0 Å². The van der Waals surface area contributed by atoms with Crippen LogP contribution in [0.4, 0.5) is 0 Å². The number of hydrogen-bond donors (Lipinski definition) is 0. The lowest BCUT2D eigenvalue weighted by Gasteiger charge is -2.22. The molecule has 0 amide bonds. The summed E-state index contributed by atoms with van der Waals surface area (Å²) in [6, 6.07) is 0. The summed E-state index contributed by atoms with van der Waals surface area (Å²) in [6.07, 6.45) is 0.493. The minimum atomic E-state index is -0.527. The first-order chi connectivity index (χ1) is 7.53. The van der Waals surface area contributed by atoms with E-state index in [1.807, 2.05) is 20.8 Å². The molecule has 0 bridgehead atoms. The van der Waals surface area contributed by atoms with Gasteiger partial charge in [-0.1, -0.05) is 0 Å². The van der Waals surface area contributed by atoms with E-state index in [1.54, 1.807) is 0 Å². The van der Waals surface area contributed by atoms with E-state index < -0.39 is 5.79 Å². The van der Waals surface area contributed by atoms with Gasteiger partial charge in [0.2, 0.25) is 0 Å². The lowest BCUT2D eigenvalue weighted by molar-refractivity contribution is -0.215. The van der Waals surface area contributed by atoms with Crippen molar-refractivity contribution >= 4 is 0 Å². The molecule has 0 N–H and O–H groups in total. The Kier molecular flexibility index (Phi) is 2.49. The van der Waals surface area contributed by atoms with Crippen LogP contribution in [-0.4, -0.2) is 43.3 Å². The van der Waals surface area contributed by atoms with Gasteiger partial charge in [-0.25, -0.2) is 0 Å². The van der Waals surface area contributed by atoms with E-state index in [0.29, 0.717) is 6.61 Å². The molecule has 3 fully saturated rings. The largest absolute Gasteiger partial charge is 0.350 e. The Labute approximate surface area is 94.9 Å². The maximum atomic E-state index is 5.80. The van der Waals surface area contributed by atoms with Crippen molar-refractivity contribution in [1.82, 2.24) is 0 Å². The van der Waals surface area contributed by atoms with Gasteiger partial charge in [-0.3, -0.25) is 0 Å². The molecule has 5 atom stereocenters. The minimum Gasteiger partial charge on any atom is -0.350 e. The topological polar surface area (TPSA) is 46.2 Å². The standard InChI is InChI=1S/C11H18O5/c1-6-12-5-9(13-6)7-4-8-10(14-7)16-11(2,3)15-8/h6-10H,4-5H2,1-3H3. The van der Waals surface area contributed by atoms with Crippen molar-refractivity contribution in [2.45, 2.75) is 63.9 Å². The first kappa shape index (κ1) is 10.9. The SMILES string of the molecule is CC1OCC(C2CC3OC(C)(C)OC3O2)O1. The van der Waals surface area contributed by atoms with Crippen molar-refractivity contribution in [1.29, 1.82) is 0 Å². The zero-order valence-electron chi connectivity index (χ0n) is 9.84. The van der Waals surface area contributed by atoms with Crippen molar-refractivity contribution in [3.8, 4) is 0 Å². The highest BCUT2D eigenvalue weighted by molar-refractivity contribution is 4.89. The fourth-order valence-electron chi connectivity index (χ4n) is 2.52. The third kappa shape index (κ3) is 1.87. The molecule has 0 aliphatic carbocycles. The fourth-order valence-corrected chi connectivity index (χ4v) is 2.52. The molecule has 16 heavy (non-hydrogen) atoms. The van der Waals surface area contributed by atoms with Crippen molar-refractivity contribution in [2.75, 3.05) is 6.61 Å². The predicted octanol–water partition coefficient (Wildman–Crippen LogP) is 1.01. The Hall–Kier alpha value is -0.200. The van der Waals surface area contributed by atoms with Gasteiger partial charge in [-0.15, -0.1) is 0 Å². The molecule has 0 aromatic heterocycles. The van der Waals surface area contributed by atoms with Crippen LogP contribution in [0, 0.1) is 0 Å². The Morgan fingerprint density at radius 3 is 2.44 bits per heavy atom. The second-order valence-corrected chi connectivity index (χ2v) is 5.03. The van der Waals surface area contributed by atoms with Gasteiger partial charge in [0.05, 0.1) is 12.7 Å². The normalized spacial score (nSPS) is 50.8. The van der Waals surface area contributed by atoms with Gasteiger partial charge in [-0.2, -0.15) is 0 Å². The molecule has 3 saturated heterocycles. The second kappa shape index (κ2) is 3.65. The summed E-state index contributed by atoms with van der Waals surface area (Å²) in [5.41, 5.74) is 0. The van der Waals surface area contributed by atoms with Crippen LogP contribution in [0.5, 0.6) is 0 Å². The molecule has 3 aliphatic rings. The smallest absolute Gasteiger partial charge is 0.187 e. The van der Waals surface area contributed by atoms with Crippen LogP contribution in [0.3, 0.4) is 0 Å². The van der Waals surface area contributed by atoms with Gasteiger partial charge in [0, 0.05) is 6.42 Å². The number of hydrogen-bond acceptors (Lipinski definition) is 5. The minimum absolute atomic E-state index is 0.0101. The van der Waals surface area contributed by atoms with E-state index in [9.17, 15) is 0 Å². The van der Waals surface area contributed by atoms with Gasteiger partial charge in [0.1, 0.15) is 12.2 Å². The van der Waals surface area contributed by atoms with Gasteiger partial charge in [0.15, 0.2) is 18.4 Å². The number of rotatable bonds is 1. The van der Waals surface area contributed by atoms with Gasteiger partial charge < -0.3 is 23.7 Å². The fraction of sp³-hybridized carbons (Fsp3) is 1.00. The van der Waals surface area contributed by atoms with Crippen LogP contribution in [0.25, 0.3) is 0 Å². The van der Waals surface area contributed by atoms with Crippen molar-refractivity contribution in [3.05, 3.63) is 0 Å². The van der Waals surface area contributed by atoms with E-state index in [0.717, 1.165) is 6.42 Å². The van der Waals surface area contributed by atoms with Crippen LogP contribution in [0.2, 0.25) is 0 Å². The summed E-state index contributed by atoms with van der Waals surface area (Å²) < 4.78 is 28.2. The molecule has 3 rings (SSSR count). The summed E-state index contributed by atoms with van der Waals surface area (Å²) in [4.78, 5) is 0. The summed E-state index contributed by atoms with van der Waals surface area (Å²) in [6.45, 7) is 6.29. The molecule has 3 heterocycles. The predicted molar refractivity (Wildman–Crippen MR) is 53.6 cm³/mol. The molecule has 0 spiro atoms. The van der Waals surface area contributed by atoms with Gasteiger partial charge >= 0.3 is 0 Å². The maximum Gasteiger partial charge on any atom is 0.187 e. The Bertz CT molecular complexity index is 264. The van der Waals surface area contributed by atoms with Crippen molar-refractivity contribution in [3.63, 3.8) is 0 Å². The van der Waals surface area contributed by atoms with E-state index in [1.165, 1.54) is 0 Å². The summed E-state index contributed by atoms with van der Waals surface area (Å²) in [5.74, 6) is -0.527. The third-order valence-corrected chi connectivity index (χ3v) is 3.19. The quantitative estimate of drug-likeness (QED) is 0.673. The zero-order chi connectivity index (χ0) is 11.3. The van der Waals surface area contributed by atoms with Crippen LogP contribution in [0.15, 0.2) is 0 Å². The summed E-state index contributed by atoms with van der Waals surface area (Å²) >= 11 is 0. The van der Waals surface area contributed by atoms with Crippen molar-refractivity contribution in [2.24, 2.45) is 0 Å². The highest BCUT2D eigenvalue weighted by atomic mass is 16.8. The Morgan fingerprint density at radius 2 is 1.81 bits per heavy atom. The lowest BCUT2D eigenvalue weighted by atomic mass is 10.1. The first-order valence-corrected chi connectivity index (χ1v) is 5.82. The molecule has 5 unspecified atom stereocenters. The second-order valence-electron chi connectivity index (χ2n) is 5.03. The van der Waals surface area contributed by atoms with E-state index in [4.69, 9.17) is 23.7 Å². The number of fused-ring (bicyclic) bond motifs is 1. The van der Waals surface area contributed by atoms with E-state index in [2.05, 4.69) is 0 Å². The molecule has 3 aliphatic heterocycles. The van der Waals surface area contributed by atoms with E-state index in [-0.39, 0.29) is 30.9 Å². The molecule has 0 aromatic carbocycles. The molecular weight excluding hydrogens is 212 g/mol. The average molecular weight is 230 g/mol. The lowest BCUT2D eigenvalue weighted by Crippen LogP contribution is -2.32. The summed E-state index contributed by atoms with van der Waals surface area (Å²) in [7, 11) is 0. The summed E-state index contributed by atoms with van der Waals surface area (Å²) in [5, 5.41) is 0. The van der Waals surface area contributed by atoms with Crippen LogP contribution < -0.4 is 0 Å². The molecule has 0 radical (unpaired) electrons. The third-order valence-electron chi connectivity index (χ3n) is 3.19. The molecule has 5 nitrogen and oxygen atoms in total. The average Bonchev–Trinajstić information content (AvgIpc) is 2.77. The first-order valence-electron chi connectivity index (χ1n) is 5.82. The molecule has 0 aromatic rings. The van der Waals surface area contributed by atoms with Crippen molar-refractivity contribution < 1.29 is 23.7 Å². The monoisotopic (exact) mass is 230 g/mol. The molecule has 5 heteroatoms. The van der Waals surface area contributed by atoms with Crippen LogP contribution in [-0.2, 0) is 23.7 Å². The van der Waals surface area contributed by atoms with E-state index >= 15 is 0 Å². The maximum absolute atomic E-state index is 5.80. The zero-order valence-corrected chi connectivity index (χ0v) is 9.84. The molecule has 0 saturated carbocycles. The Balaban J connectivity index is 1.60.